The van der Waals surface area contributed by atoms with E-state index in [4.69, 9.17) is 10.5 Å². The monoisotopic (exact) mass is 395 g/mol. The van der Waals surface area contributed by atoms with E-state index in [2.05, 4.69) is 0 Å². The highest BCUT2D eigenvalue weighted by Crippen LogP contribution is 2.33. The number of carbonyl (C=O) groups excluding carboxylic acids is 2. The van der Waals surface area contributed by atoms with Crippen molar-refractivity contribution in [1.29, 1.82) is 0 Å². The summed E-state index contributed by atoms with van der Waals surface area (Å²) in [5.41, 5.74) is 5.78. The number of sulfonamides is 1. The molecule has 1 aromatic heterocycles. The number of nitrogens with zero attached hydrogens (tertiary/aromatic N) is 2. The topological polar surface area (TPSA) is 110 Å². The predicted octanol–water partition coefficient (Wildman–Crippen LogP) is 0.648. The van der Waals surface area contributed by atoms with Crippen molar-refractivity contribution < 1.29 is 22.7 Å². The Labute approximate surface area is 154 Å². The molecule has 0 spiro atoms. The van der Waals surface area contributed by atoms with Crippen LogP contribution in [-0.2, 0) is 19.6 Å². The number of ether oxygens (including phenoxy) is 1. The van der Waals surface area contributed by atoms with Gasteiger partial charge in [0.05, 0.1) is 18.8 Å². The van der Waals surface area contributed by atoms with Crippen LogP contribution in [0.5, 0.6) is 5.75 Å². The Kier molecular flexibility index (Phi) is 4.99. The lowest BCUT2D eigenvalue weighted by Gasteiger charge is -2.34. The number of likely N-dealkylation sites (N-methyl/N-ethyl adjacent to an activating group) is 1. The lowest BCUT2D eigenvalue weighted by atomic mass is 10.1. The molecule has 1 aliphatic rings. The summed E-state index contributed by atoms with van der Waals surface area (Å²) in [5.74, 6) is -0.828. The summed E-state index contributed by atoms with van der Waals surface area (Å²) in [6.07, 6.45) is -0.993. The smallest absolute Gasteiger partial charge is 0.260 e. The van der Waals surface area contributed by atoms with E-state index in [1.165, 1.54) is 18.0 Å². The SMILES string of the molecule is CN(CC(=O)N1C[C@H](C(N)=O)Oc2ccccc21)S(=O)(=O)c1cccs1. The number of anilines is 1. The molecule has 1 atom stereocenters. The van der Waals surface area contributed by atoms with Gasteiger partial charge in [0.15, 0.2) is 6.10 Å². The van der Waals surface area contributed by atoms with Crippen molar-refractivity contribution in [1.82, 2.24) is 4.31 Å². The first-order valence-corrected chi connectivity index (χ1v) is 9.98. The zero-order chi connectivity index (χ0) is 18.9. The fourth-order valence-electron chi connectivity index (χ4n) is 2.54. The zero-order valence-electron chi connectivity index (χ0n) is 13.9. The minimum atomic E-state index is -3.76. The van der Waals surface area contributed by atoms with E-state index < -0.39 is 27.9 Å². The minimum Gasteiger partial charge on any atom is -0.477 e. The molecule has 8 nitrogen and oxygen atoms in total. The van der Waals surface area contributed by atoms with Crippen LogP contribution in [0.3, 0.4) is 0 Å². The Balaban J connectivity index is 1.84. The zero-order valence-corrected chi connectivity index (χ0v) is 15.5. The molecule has 2 aromatic rings. The van der Waals surface area contributed by atoms with Gasteiger partial charge in [0.25, 0.3) is 15.9 Å². The van der Waals surface area contributed by atoms with Crippen LogP contribution < -0.4 is 15.4 Å². The lowest BCUT2D eigenvalue weighted by Crippen LogP contribution is -2.51. The number of carbonyl (C=O) groups is 2. The van der Waals surface area contributed by atoms with Gasteiger partial charge in [-0.2, -0.15) is 4.31 Å². The second-order valence-corrected chi connectivity index (χ2v) is 8.89. The van der Waals surface area contributed by atoms with Gasteiger partial charge >= 0.3 is 0 Å². The van der Waals surface area contributed by atoms with Crippen molar-refractivity contribution in [3.05, 3.63) is 41.8 Å². The van der Waals surface area contributed by atoms with Crippen molar-refractivity contribution in [2.45, 2.75) is 10.3 Å². The van der Waals surface area contributed by atoms with Crippen LogP contribution in [0.2, 0.25) is 0 Å². The van der Waals surface area contributed by atoms with Crippen LogP contribution in [0.1, 0.15) is 0 Å². The van der Waals surface area contributed by atoms with Gasteiger partial charge in [0.2, 0.25) is 5.91 Å². The second-order valence-electron chi connectivity index (χ2n) is 5.67. The molecule has 0 radical (unpaired) electrons. The van der Waals surface area contributed by atoms with E-state index in [0.29, 0.717) is 11.4 Å². The first kappa shape index (κ1) is 18.4. The van der Waals surface area contributed by atoms with Crippen LogP contribution in [0, 0.1) is 0 Å². The highest BCUT2D eigenvalue weighted by atomic mass is 32.2. The van der Waals surface area contributed by atoms with E-state index >= 15 is 0 Å². The number of rotatable bonds is 5. The van der Waals surface area contributed by atoms with Crippen molar-refractivity contribution in [2.24, 2.45) is 5.73 Å². The third-order valence-corrected chi connectivity index (χ3v) is 7.09. The third kappa shape index (κ3) is 3.43. The van der Waals surface area contributed by atoms with Gasteiger partial charge in [-0.3, -0.25) is 9.59 Å². The molecule has 0 fully saturated rings. The van der Waals surface area contributed by atoms with E-state index in [1.807, 2.05) is 0 Å². The maximum absolute atomic E-state index is 12.8. The molecule has 2 N–H and O–H groups in total. The first-order valence-electron chi connectivity index (χ1n) is 7.66. The van der Waals surface area contributed by atoms with Crippen LogP contribution in [-0.4, -0.2) is 50.8 Å². The number of para-hydroxylation sites is 2. The van der Waals surface area contributed by atoms with E-state index in [9.17, 15) is 18.0 Å². The molecule has 26 heavy (non-hydrogen) atoms. The largest absolute Gasteiger partial charge is 0.477 e. The van der Waals surface area contributed by atoms with Gasteiger partial charge in [-0.25, -0.2) is 8.42 Å². The average Bonchev–Trinajstić information content (AvgIpc) is 3.16. The minimum absolute atomic E-state index is 0.0714. The van der Waals surface area contributed by atoms with Gasteiger partial charge < -0.3 is 15.4 Å². The fraction of sp³-hybridized carbons (Fsp3) is 0.250. The van der Waals surface area contributed by atoms with Crippen molar-refractivity contribution >= 4 is 38.9 Å². The standard InChI is InChI=1S/C16H17N3O5S2/c1-18(26(22,23)15-7-4-8-25-15)10-14(20)19-9-13(16(17)21)24-12-6-3-2-5-11(12)19/h2-8,13H,9-10H2,1H3,(H2,17,21)/t13-/m1/s1. The van der Waals surface area contributed by atoms with Gasteiger partial charge in [-0.15, -0.1) is 11.3 Å². The van der Waals surface area contributed by atoms with E-state index in [1.54, 1.807) is 35.7 Å². The summed E-state index contributed by atoms with van der Waals surface area (Å²) < 4.78 is 31.6. The molecule has 1 aliphatic heterocycles. The molecule has 0 unspecified atom stereocenters. The average molecular weight is 395 g/mol. The Bertz CT molecular complexity index is 927. The van der Waals surface area contributed by atoms with Crippen molar-refractivity contribution in [3.8, 4) is 5.75 Å². The molecule has 2 amide bonds. The Morgan fingerprint density at radius 3 is 2.69 bits per heavy atom. The van der Waals surface area contributed by atoms with Gasteiger partial charge in [-0.05, 0) is 23.6 Å². The number of hydrogen-bond acceptors (Lipinski definition) is 6. The van der Waals surface area contributed by atoms with E-state index in [0.717, 1.165) is 15.6 Å². The molecule has 10 heteroatoms. The number of amides is 2. The summed E-state index contributed by atoms with van der Waals surface area (Å²) >= 11 is 1.08. The van der Waals surface area contributed by atoms with Crippen LogP contribution in [0.15, 0.2) is 46.0 Å². The molecule has 0 saturated carbocycles. The number of hydrogen-bond donors (Lipinski definition) is 1. The summed E-state index contributed by atoms with van der Waals surface area (Å²) in [6.45, 7) is -0.446. The maximum Gasteiger partial charge on any atom is 0.260 e. The summed E-state index contributed by atoms with van der Waals surface area (Å²) in [4.78, 5) is 25.6. The van der Waals surface area contributed by atoms with Gasteiger partial charge in [0.1, 0.15) is 9.96 Å². The molecule has 0 saturated heterocycles. The number of fused-ring (bicyclic) bond motifs is 1. The molecule has 1 aromatic carbocycles. The number of nitrogens with two attached hydrogens (primary N) is 1. The third-order valence-electron chi connectivity index (χ3n) is 3.91. The Morgan fingerprint density at radius 2 is 2.04 bits per heavy atom. The number of thiophene rings is 1. The second kappa shape index (κ2) is 7.06. The Hall–Kier alpha value is -2.43. The highest BCUT2D eigenvalue weighted by molar-refractivity contribution is 7.91. The molecule has 2 heterocycles. The first-order chi connectivity index (χ1) is 12.3. The number of benzene rings is 1. The molecule has 0 aliphatic carbocycles. The molecular weight excluding hydrogens is 378 g/mol. The highest BCUT2D eigenvalue weighted by Gasteiger charge is 2.34. The molecule has 138 valence electrons. The molecular formula is C16H17N3O5S2. The van der Waals surface area contributed by atoms with Gasteiger partial charge in [-0.1, -0.05) is 18.2 Å². The summed E-state index contributed by atoms with van der Waals surface area (Å²) in [6, 6.07) is 9.82. The molecule has 3 rings (SSSR count). The fourth-order valence-corrected chi connectivity index (χ4v) is 4.86. The van der Waals surface area contributed by atoms with Crippen molar-refractivity contribution in [3.63, 3.8) is 0 Å². The van der Waals surface area contributed by atoms with E-state index in [-0.39, 0.29) is 17.3 Å². The predicted molar refractivity (Wildman–Crippen MR) is 96.5 cm³/mol. The molecule has 0 bridgehead atoms. The van der Waals surface area contributed by atoms with Gasteiger partial charge in [0, 0.05) is 7.05 Å². The maximum atomic E-state index is 12.8. The lowest BCUT2D eigenvalue weighted by molar-refractivity contribution is -0.125. The quantitative estimate of drug-likeness (QED) is 0.799. The van der Waals surface area contributed by atoms with Crippen molar-refractivity contribution in [2.75, 3.05) is 25.0 Å². The van der Waals surface area contributed by atoms with Crippen LogP contribution in [0.4, 0.5) is 5.69 Å². The normalized spacial score (nSPS) is 16.8. The summed E-state index contributed by atoms with van der Waals surface area (Å²) in [7, 11) is -2.42. The van der Waals surface area contributed by atoms with Crippen LogP contribution >= 0.6 is 11.3 Å². The number of primary amides is 1. The van der Waals surface area contributed by atoms with Crippen LogP contribution in [0.25, 0.3) is 0 Å². The summed E-state index contributed by atoms with van der Waals surface area (Å²) in [5, 5.41) is 1.65. The Morgan fingerprint density at radius 1 is 1.31 bits per heavy atom.